The van der Waals surface area contributed by atoms with Gasteiger partial charge in [0.15, 0.2) is 0 Å². The van der Waals surface area contributed by atoms with E-state index in [1.165, 1.54) is 0 Å². The van der Waals surface area contributed by atoms with Crippen LogP contribution in [-0.2, 0) is 0 Å². The van der Waals surface area contributed by atoms with Gasteiger partial charge in [-0.05, 0) is 58.4 Å². The van der Waals surface area contributed by atoms with Crippen molar-refractivity contribution in [3.05, 3.63) is 77.5 Å². The molecular weight excluding hydrogens is 402 g/mol. The summed E-state index contributed by atoms with van der Waals surface area (Å²) in [6, 6.07) is 20.4. The molecule has 0 N–H and O–H groups in total. The highest BCUT2D eigenvalue weighted by molar-refractivity contribution is 9.10. The van der Waals surface area contributed by atoms with E-state index in [4.69, 9.17) is 4.42 Å². The van der Waals surface area contributed by atoms with Gasteiger partial charge in [-0.3, -0.25) is 9.55 Å². The summed E-state index contributed by atoms with van der Waals surface area (Å²) in [4.78, 5) is 9.28. The lowest BCUT2D eigenvalue weighted by Gasteiger charge is -2.06. The highest BCUT2D eigenvalue weighted by atomic mass is 79.9. The van der Waals surface area contributed by atoms with E-state index in [2.05, 4.69) is 54.7 Å². The van der Waals surface area contributed by atoms with Crippen LogP contribution < -0.4 is 0 Å². The first-order chi connectivity index (χ1) is 13.3. The summed E-state index contributed by atoms with van der Waals surface area (Å²) in [6.07, 6.45) is 3.63. The number of aromatic nitrogens is 3. The first-order valence-corrected chi connectivity index (χ1v) is 9.42. The predicted octanol–water partition coefficient (Wildman–Crippen LogP) is 6.24. The highest BCUT2D eigenvalue weighted by Gasteiger charge is 2.19. The number of halogens is 1. The van der Waals surface area contributed by atoms with E-state index < -0.39 is 0 Å². The summed E-state index contributed by atoms with van der Waals surface area (Å²) in [5.41, 5.74) is 4.72. The Morgan fingerprint density at radius 2 is 1.74 bits per heavy atom. The van der Waals surface area contributed by atoms with E-state index in [0.717, 1.165) is 54.2 Å². The van der Waals surface area contributed by atoms with Crippen LogP contribution in [0.2, 0.25) is 0 Å². The molecule has 0 radical (unpaired) electrons. The molecule has 0 aliphatic heterocycles. The normalized spacial score (nSPS) is 11.9. The minimum Gasteiger partial charge on any atom is -0.455 e. The van der Waals surface area contributed by atoms with Crippen LogP contribution in [0.1, 0.15) is 0 Å². The lowest BCUT2D eigenvalue weighted by atomic mass is 10.1. The van der Waals surface area contributed by atoms with Crippen molar-refractivity contribution in [2.45, 2.75) is 0 Å². The van der Waals surface area contributed by atoms with Crippen molar-refractivity contribution in [3.8, 4) is 5.82 Å². The molecule has 2 aromatic carbocycles. The van der Waals surface area contributed by atoms with Gasteiger partial charge in [-0.25, -0.2) is 4.98 Å². The fourth-order valence-corrected chi connectivity index (χ4v) is 4.07. The molecule has 27 heavy (non-hydrogen) atoms. The van der Waals surface area contributed by atoms with E-state index >= 15 is 0 Å². The molecule has 4 heterocycles. The molecule has 0 amide bonds. The number of fused-ring (bicyclic) bond motifs is 7. The van der Waals surface area contributed by atoms with E-state index in [9.17, 15) is 0 Å². The molecule has 5 heteroatoms. The number of benzene rings is 2. The minimum atomic E-state index is 0.849. The van der Waals surface area contributed by atoms with E-state index in [-0.39, 0.29) is 0 Å². The van der Waals surface area contributed by atoms with Gasteiger partial charge in [-0.15, -0.1) is 0 Å². The van der Waals surface area contributed by atoms with Gasteiger partial charge in [-0.1, -0.05) is 18.2 Å². The maximum absolute atomic E-state index is 6.26. The number of furan rings is 1. The van der Waals surface area contributed by atoms with Gasteiger partial charge in [0.05, 0.1) is 16.4 Å². The van der Waals surface area contributed by atoms with Crippen LogP contribution in [0.25, 0.3) is 49.7 Å². The fourth-order valence-electron chi connectivity index (χ4n) is 3.84. The quantitative estimate of drug-likeness (QED) is 0.320. The van der Waals surface area contributed by atoms with Gasteiger partial charge in [0.25, 0.3) is 0 Å². The van der Waals surface area contributed by atoms with Gasteiger partial charge >= 0.3 is 0 Å². The molecule has 0 atom stereocenters. The molecule has 0 saturated heterocycles. The highest BCUT2D eigenvalue weighted by Crippen LogP contribution is 2.39. The molecule has 0 fully saturated rings. The van der Waals surface area contributed by atoms with Gasteiger partial charge in [0.1, 0.15) is 22.5 Å². The smallest absolute Gasteiger partial charge is 0.147 e. The zero-order valence-electron chi connectivity index (χ0n) is 14.1. The average molecular weight is 414 g/mol. The summed E-state index contributed by atoms with van der Waals surface area (Å²) in [5, 5.41) is 3.24. The average Bonchev–Trinajstić information content (AvgIpc) is 3.24. The second-order valence-electron chi connectivity index (χ2n) is 6.48. The summed E-state index contributed by atoms with van der Waals surface area (Å²) in [6.45, 7) is 0. The molecular formula is C22H12BrN3O. The third-order valence-electron chi connectivity index (χ3n) is 4.97. The van der Waals surface area contributed by atoms with Crippen molar-refractivity contribution < 1.29 is 4.42 Å². The molecule has 0 bridgehead atoms. The second-order valence-corrected chi connectivity index (χ2v) is 7.39. The standard InChI is InChI=1S/C22H12BrN3O/c23-13-7-10-19(25-12-13)26-16-9-8-15-14-4-1-2-6-18(14)27-22(15)20(16)21-17(26)5-3-11-24-21/h1-12H. The van der Waals surface area contributed by atoms with Gasteiger partial charge in [0, 0.05) is 27.6 Å². The van der Waals surface area contributed by atoms with Crippen LogP contribution in [0, 0.1) is 0 Å². The Balaban J connectivity index is 1.85. The molecule has 0 aliphatic rings. The molecule has 4 nitrogen and oxygen atoms in total. The van der Waals surface area contributed by atoms with Crippen molar-refractivity contribution in [2.24, 2.45) is 0 Å². The molecule has 6 aromatic rings. The van der Waals surface area contributed by atoms with Crippen molar-refractivity contribution >= 4 is 59.8 Å². The van der Waals surface area contributed by atoms with Crippen molar-refractivity contribution in [1.29, 1.82) is 0 Å². The van der Waals surface area contributed by atoms with Crippen LogP contribution in [0.4, 0.5) is 0 Å². The number of hydrogen-bond donors (Lipinski definition) is 0. The van der Waals surface area contributed by atoms with E-state index in [0.29, 0.717) is 0 Å². The van der Waals surface area contributed by atoms with Gasteiger partial charge in [0.2, 0.25) is 0 Å². The molecule has 6 rings (SSSR count). The number of nitrogens with zero attached hydrogens (tertiary/aromatic N) is 3. The van der Waals surface area contributed by atoms with Crippen molar-refractivity contribution in [1.82, 2.24) is 14.5 Å². The molecule has 128 valence electrons. The summed E-state index contributed by atoms with van der Waals surface area (Å²) in [7, 11) is 0. The van der Waals surface area contributed by atoms with Gasteiger partial charge < -0.3 is 4.42 Å². The first kappa shape index (κ1) is 14.9. The Morgan fingerprint density at radius 3 is 2.63 bits per heavy atom. The Morgan fingerprint density at radius 1 is 0.815 bits per heavy atom. The largest absolute Gasteiger partial charge is 0.455 e. The maximum Gasteiger partial charge on any atom is 0.147 e. The molecule has 0 saturated carbocycles. The fraction of sp³-hybridized carbons (Fsp3) is 0. The van der Waals surface area contributed by atoms with Crippen LogP contribution in [0.5, 0.6) is 0 Å². The summed E-state index contributed by atoms with van der Waals surface area (Å²) in [5.74, 6) is 0.849. The summed E-state index contributed by atoms with van der Waals surface area (Å²) < 4.78 is 9.35. The Kier molecular flexibility index (Phi) is 2.99. The number of para-hydroxylation sites is 1. The van der Waals surface area contributed by atoms with Gasteiger partial charge in [-0.2, -0.15) is 0 Å². The van der Waals surface area contributed by atoms with Crippen LogP contribution in [0.3, 0.4) is 0 Å². The zero-order chi connectivity index (χ0) is 18.0. The monoisotopic (exact) mass is 413 g/mol. The second kappa shape index (κ2) is 5.41. The maximum atomic E-state index is 6.26. The minimum absolute atomic E-state index is 0.849. The molecule has 0 aliphatic carbocycles. The third kappa shape index (κ3) is 2.03. The molecule has 0 unspecified atom stereocenters. The number of rotatable bonds is 1. The first-order valence-electron chi connectivity index (χ1n) is 8.62. The lowest BCUT2D eigenvalue weighted by molar-refractivity contribution is 0.673. The predicted molar refractivity (Wildman–Crippen MR) is 111 cm³/mol. The number of pyridine rings is 2. The summed E-state index contributed by atoms with van der Waals surface area (Å²) >= 11 is 3.46. The molecule has 4 aromatic heterocycles. The van der Waals surface area contributed by atoms with Crippen LogP contribution in [-0.4, -0.2) is 14.5 Å². The van der Waals surface area contributed by atoms with E-state index in [1.807, 2.05) is 48.8 Å². The van der Waals surface area contributed by atoms with Crippen LogP contribution >= 0.6 is 15.9 Å². The Bertz CT molecular complexity index is 1480. The van der Waals surface area contributed by atoms with Crippen LogP contribution in [0.15, 0.2) is 81.9 Å². The molecule has 0 spiro atoms. The van der Waals surface area contributed by atoms with E-state index in [1.54, 1.807) is 0 Å². The Labute approximate surface area is 162 Å². The van der Waals surface area contributed by atoms with Crippen molar-refractivity contribution in [2.75, 3.05) is 0 Å². The number of hydrogen-bond acceptors (Lipinski definition) is 3. The SMILES string of the molecule is Brc1ccc(-n2c3cccnc3c3c4oc5ccccc5c4ccc32)nc1. The third-order valence-corrected chi connectivity index (χ3v) is 5.44. The topological polar surface area (TPSA) is 43.9 Å². The van der Waals surface area contributed by atoms with Crippen molar-refractivity contribution in [3.63, 3.8) is 0 Å². The lowest BCUT2D eigenvalue weighted by Crippen LogP contribution is -1.96. The Hall–Kier alpha value is -3.18. The zero-order valence-corrected chi connectivity index (χ0v) is 15.6.